The Bertz CT molecular complexity index is 677. The molecule has 112 valence electrons. The highest BCUT2D eigenvalue weighted by Gasteiger charge is 2.31. The van der Waals surface area contributed by atoms with Crippen LogP contribution >= 0.6 is 0 Å². The maximum atomic E-state index is 13.1. The van der Waals surface area contributed by atoms with Crippen molar-refractivity contribution in [2.75, 3.05) is 20.2 Å². The van der Waals surface area contributed by atoms with Crippen molar-refractivity contribution in [2.24, 2.45) is 18.9 Å². The van der Waals surface area contributed by atoms with E-state index in [1.54, 1.807) is 13.3 Å². The molecule has 5 nitrogen and oxygen atoms in total. The number of hydrogen-bond donors (Lipinski definition) is 1. The molecule has 21 heavy (non-hydrogen) atoms. The number of methoxy groups -OCH3 is 1. The number of carbonyl (C=O) groups is 1. The second-order valence-corrected chi connectivity index (χ2v) is 5.81. The van der Waals surface area contributed by atoms with Crippen molar-refractivity contribution in [1.82, 2.24) is 14.9 Å². The number of pyridine rings is 1. The summed E-state index contributed by atoms with van der Waals surface area (Å²) in [6, 6.07) is 1.94. The Morgan fingerprint density at radius 1 is 1.52 bits per heavy atom. The highest BCUT2D eigenvalue weighted by atomic mass is 16.5. The van der Waals surface area contributed by atoms with Gasteiger partial charge in [0.1, 0.15) is 11.4 Å². The Balaban J connectivity index is 2.11. The van der Waals surface area contributed by atoms with Gasteiger partial charge in [0.2, 0.25) is 0 Å². The number of nitrogens with zero attached hydrogens (tertiary/aromatic N) is 2. The monoisotopic (exact) mass is 287 g/mol. The van der Waals surface area contributed by atoms with Crippen molar-refractivity contribution in [2.45, 2.75) is 13.3 Å². The molecule has 0 saturated carbocycles. The summed E-state index contributed by atoms with van der Waals surface area (Å²) in [6.45, 7) is 3.87. The molecule has 3 rings (SSSR count). The molecule has 1 saturated heterocycles. The summed E-state index contributed by atoms with van der Waals surface area (Å²) in [6.07, 6.45) is 4.61. The molecular weight excluding hydrogens is 266 g/mol. The molecule has 1 fully saturated rings. The fourth-order valence-electron chi connectivity index (χ4n) is 3.13. The summed E-state index contributed by atoms with van der Waals surface area (Å²) in [5, 5.41) is 4.20. The van der Waals surface area contributed by atoms with Crippen LogP contribution in [0, 0.1) is 11.8 Å². The third kappa shape index (κ3) is 2.31. The summed E-state index contributed by atoms with van der Waals surface area (Å²) < 4.78 is 7.32. The van der Waals surface area contributed by atoms with E-state index in [0.717, 1.165) is 30.5 Å². The lowest BCUT2D eigenvalue weighted by Crippen LogP contribution is -2.39. The normalized spacial score (nSPS) is 22.4. The molecule has 2 aromatic heterocycles. The van der Waals surface area contributed by atoms with E-state index in [9.17, 15) is 4.79 Å². The lowest BCUT2D eigenvalue weighted by Gasteiger charge is -2.28. The first-order valence-corrected chi connectivity index (χ1v) is 7.36. The summed E-state index contributed by atoms with van der Waals surface area (Å²) in [5.74, 6) is 1.11. The molecule has 0 aromatic carbocycles. The number of piperidine rings is 1. The SMILES string of the molecule is COc1cnc2c(ccn2C)c1C(=O)C1CNCCC1C. The third-order valence-corrected chi connectivity index (χ3v) is 4.49. The molecule has 5 heteroatoms. The van der Waals surface area contributed by atoms with Crippen molar-refractivity contribution in [3.8, 4) is 5.75 Å². The Kier molecular flexibility index (Phi) is 3.68. The number of aryl methyl sites for hydroxylation is 1. The average molecular weight is 287 g/mol. The number of rotatable bonds is 3. The van der Waals surface area contributed by atoms with Gasteiger partial charge in [0.15, 0.2) is 5.78 Å². The standard InChI is InChI=1S/C16H21N3O2/c1-10-4-6-17-8-12(10)15(20)14-11-5-7-19(2)16(11)18-9-13(14)21-3/h5,7,9-10,12,17H,4,6,8H2,1-3H3. The molecule has 0 spiro atoms. The quantitative estimate of drug-likeness (QED) is 0.877. The van der Waals surface area contributed by atoms with Gasteiger partial charge in [0.25, 0.3) is 0 Å². The van der Waals surface area contributed by atoms with Crippen LogP contribution in [0.5, 0.6) is 5.75 Å². The van der Waals surface area contributed by atoms with E-state index < -0.39 is 0 Å². The molecule has 1 aliphatic rings. The lowest BCUT2D eigenvalue weighted by molar-refractivity contribution is 0.0851. The van der Waals surface area contributed by atoms with Crippen molar-refractivity contribution in [3.05, 3.63) is 24.0 Å². The van der Waals surface area contributed by atoms with Crippen LogP contribution in [0.25, 0.3) is 11.0 Å². The van der Waals surface area contributed by atoms with Crippen LogP contribution in [0.2, 0.25) is 0 Å². The van der Waals surface area contributed by atoms with Crippen LogP contribution in [0.15, 0.2) is 18.5 Å². The molecular formula is C16H21N3O2. The summed E-state index contributed by atoms with van der Waals surface area (Å²) in [7, 11) is 3.52. The molecule has 2 unspecified atom stereocenters. The third-order valence-electron chi connectivity index (χ3n) is 4.49. The van der Waals surface area contributed by atoms with Gasteiger partial charge in [-0.3, -0.25) is 4.79 Å². The van der Waals surface area contributed by atoms with Gasteiger partial charge in [-0.2, -0.15) is 0 Å². The lowest BCUT2D eigenvalue weighted by atomic mass is 9.82. The Morgan fingerprint density at radius 3 is 3.05 bits per heavy atom. The van der Waals surface area contributed by atoms with Crippen molar-refractivity contribution in [1.29, 1.82) is 0 Å². The molecule has 2 atom stereocenters. The van der Waals surface area contributed by atoms with Crippen LogP contribution < -0.4 is 10.1 Å². The molecule has 1 aliphatic heterocycles. The van der Waals surface area contributed by atoms with Crippen molar-refractivity contribution >= 4 is 16.8 Å². The number of Topliss-reactive ketones (excluding diaryl/α,β-unsaturated/α-hetero) is 1. The van der Waals surface area contributed by atoms with E-state index in [1.165, 1.54) is 0 Å². The van der Waals surface area contributed by atoms with Crippen LogP contribution in [-0.4, -0.2) is 35.5 Å². The van der Waals surface area contributed by atoms with Crippen LogP contribution in [0.3, 0.4) is 0 Å². The van der Waals surface area contributed by atoms with Gasteiger partial charge in [-0.05, 0) is 24.9 Å². The smallest absolute Gasteiger partial charge is 0.172 e. The van der Waals surface area contributed by atoms with Gasteiger partial charge in [0, 0.05) is 31.1 Å². The Morgan fingerprint density at radius 2 is 2.33 bits per heavy atom. The number of fused-ring (bicyclic) bond motifs is 1. The van der Waals surface area contributed by atoms with Gasteiger partial charge in [-0.1, -0.05) is 6.92 Å². The average Bonchev–Trinajstić information content (AvgIpc) is 2.87. The molecule has 1 N–H and O–H groups in total. The molecule has 0 amide bonds. The van der Waals surface area contributed by atoms with E-state index in [-0.39, 0.29) is 11.7 Å². The minimum atomic E-state index is -0.00143. The number of ketones is 1. The first kappa shape index (κ1) is 14.1. The topological polar surface area (TPSA) is 56.2 Å². The predicted molar refractivity (Wildman–Crippen MR) is 81.7 cm³/mol. The van der Waals surface area contributed by atoms with Crippen molar-refractivity contribution < 1.29 is 9.53 Å². The number of nitrogens with one attached hydrogen (secondary N) is 1. The maximum Gasteiger partial charge on any atom is 0.172 e. The molecule has 0 aliphatic carbocycles. The van der Waals surface area contributed by atoms with Crippen LogP contribution in [0.4, 0.5) is 0 Å². The Hall–Kier alpha value is -1.88. The first-order chi connectivity index (χ1) is 10.1. The number of hydrogen-bond acceptors (Lipinski definition) is 4. The fraction of sp³-hybridized carbons (Fsp3) is 0.500. The van der Waals surface area contributed by atoms with Gasteiger partial charge < -0.3 is 14.6 Å². The number of ether oxygens (including phenoxy) is 1. The minimum absolute atomic E-state index is 0.00143. The first-order valence-electron chi connectivity index (χ1n) is 7.36. The second kappa shape index (κ2) is 5.48. The Labute approximate surface area is 124 Å². The molecule has 2 aromatic rings. The van der Waals surface area contributed by atoms with Gasteiger partial charge >= 0.3 is 0 Å². The highest BCUT2D eigenvalue weighted by Crippen LogP contribution is 2.32. The van der Waals surface area contributed by atoms with E-state index in [2.05, 4.69) is 17.2 Å². The molecule has 3 heterocycles. The summed E-state index contributed by atoms with van der Waals surface area (Å²) in [4.78, 5) is 17.4. The number of aromatic nitrogens is 2. The zero-order chi connectivity index (χ0) is 15.0. The van der Waals surface area contributed by atoms with Gasteiger partial charge in [-0.25, -0.2) is 4.98 Å². The van der Waals surface area contributed by atoms with E-state index in [4.69, 9.17) is 4.74 Å². The maximum absolute atomic E-state index is 13.1. The zero-order valence-corrected chi connectivity index (χ0v) is 12.7. The minimum Gasteiger partial charge on any atom is -0.494 e. The van der Waals surface area contributed by atoms with E-state index >= 15 is 0 Å². The van der Waals surface area contributed by atoms with Crippen LogP contribution in [0.1, 0.15) is 23.7 Å². The highest BCUT2D eigenvalue weighted by molar-refractivity contribution is 6.10. The van der Waals surface area contributed by atoms with Gasteiger partial charge in [-0.15, -0.1) is 0 Å². The predicted octanol–water partition coefficient (Wildman–Crippen LogP) is 2.01. The number of carbonyl (C=O) groups excluding carboxylic acids is 1. The largest absolute Gasteiger partial charge is 0.494 e. The van der Waals surface area contributed by atoms with E-state index in [0.29, 0.717) is 17.2 Å². The zero-order valence-electron chi connectivity index (χ0n) is 12.7. The van der Waals surface area contributed by atoms with Crippen LogP contribution in [-0.2, 0) is 7.05 Å². The summed E-state index contributed by atoms with van der Waals surface area (Å²) >= 11 is 0. The molecule has 0 radical (unpaired) electrons. The summed E-state index contributed by atoms with van der Waals surface area (Å²) in [5.41, 5.74) is 1.49. The fourth-order valence-corrected chi connectivity index (χ4v) is 3.13. The second-order valence-electron chi connectivity index (χ2n) is 5.81. The van der Waals surface area contributed by atoms with Crippen molar-refractivity contribution in [3.63, 3.8) is 0 Å². The van der Waals surface area contributed by atoms with E-state index in [1.807, 2.05) is 23.9 Å². The molecule has 0 bridgehead atoms. The van der Waals surface area contributed by atoms with Gasteiger partial charge in [0.05, 0.1) is 18.9 Å².